The van der Waals surface area contributed by atoms with Gasteiger partial charge in [0.05, 0.1) is 5.52 Å². The molecule has 0 aliphatic heterocycles. The van der Waals surface area contributed by atoms with Crippen LogP contribution in [0.5, 0.6) is 0 Å². The van der Waals surface area contributed by atoms with Gasteiger partial charge in [0.15, 0.2) is 0 Å². The van der Waals surface area contributed by atoms with E-state index in [1.54, 1.807) is 42.6 Å². The first-order valence-electron chi connectivity index (χ1n) is 6.51. The van der Waals surface area contributed by atoms with E-state index in [-0.39, 0.29) is 10.5 Å². The van der Waals surface area contributed by atoms with E-state index < -0.39 is 12.0 Å². The molecular formula is C15H9ClF3N3S. The van der Waals surface area contributed by atoms with Crippen molar-refractivity contribution in [3.05, 3.63) is 59.1 Å². The molecule has 118 valence electrons. The minimum absolute atomic E-state index is 0.269. The van der Waals surface area contributed by atoms with Crippen LogP contribution in [0.25, 0.3) is 10.9 Å². The number of fused-ring (bicyclic) bond motifs is 1. The highest BCUT2D eigenvalue weighted by Gasteiger charge is 2.35. The molecular weight excluding hydrogens is 347 g/mol. The van der Waals surface area contributed by atoms with Crippen molar-refractivity contribution in [2.45, 2.75) is 17.0 Å². The molecule has 8 heteroatoms. The molecule has 0 spiro atoms. The molecule has 0 aliphatic carbocycles. The summed E-state index contributed by atoms with van der Waals surface area (Å²) in [5, 5.41) is 1.22. The van der Waals surface area contributed by atoms with Crippen LogP contribution in [-0.4, -0.2) is 15.0 Å². The molecule has 0 amide bonds. The Balaban J connectivity index is 1.98. The topological polar surface area (TPSA) is 38.7 Å². The highest BCUT2D eigenvalue weighted by Crippen LogP contribution is 2.33. The minimum atomic E-state index is -4.58. The van der Waals surface area contributed by atoms with Crippen LogP contribution in [0.15, 0.2) is 47.6 Å². The lowest BCUT2D eigenvalue weighted by Gasteiger charge is -2.10. The average Bonchev–Trinajstić information content (AvgIpc) is 2.51. The summed E-state index contributed by atoms with van der Waals surface area (Å²) < 4.78 is 38.9. The van der Waals surface area contributed by atoms with Crippen LogP contribution in [0.4, 0.5) is 13.2 Å². The van der Waals surface area contributed by atoms with Crippen LogP contribution in [0.2, 0.25) is 5.15 Å². The van der Waals surface area contributed by atoms with Crippen LogP contribution >= 0.6 is 23.4 Å². The third-order valence-electron chi connectivity index (χ3n) is 2.99. The van der Waals surface area contributed by atoms with Gasteiger partial charge in [0.1, 0.15) is 10.2 Å². The minimum Gasteiger partial charge on any atom is -0.245 e. The number of hydrogen-bond donors (Lipinski definition) is 0. The summed E-state index contributed by atoms with van der Waals surface area (Å²) in [5.41, 5.74) is 1.12. The molecule has 0 saturated carbocycles. The number of aromatic nitrogens is 3. The SMILES string of the molecule is FC(F)(F)c1nc(SCc2ccnc(Cl)c2)c2ccccc2n1. The van der Waals surface area contributed by atoms with Crippen molar-refractivity contribution in [1.82, 2.24) is 15.0 Å². The second kappa shape index (κ2) is 6.33. The first-order chi connectivity index (χ1) is 10.9. The van der Waals surface area contributed by atoms with Gasteiger partial charge in [-0.05, 0) is 23.8 Å². The molecule has 0 bridgehead atoms. The molecule has 2 aromatic heterocycles. The van der Waals surface area contributed by atoms with Gasteiger partial charge < -0.3 is 0 Å². The Hall–Kier alpha value is -1.86. The van der Waals surface area contributed by atoms with Crippen molar-refractivity contribution in [3.63, 3.8) is 0 Å². The Morgan fingerprint density at radius 2 is 1.87 bits per heavy atom. The smallest absolute Gasteiger partial charge is 0.245 e. The summed E-state index contributed by atoms with van der Waals surface area (Å²) >= 11 is 7.02. The maximum atomic E-state index is 13.0. The van der Waals surface area contributed by atoms with Gasteiger partial charge in [0.25, 0.3) is 0 Å². The number of pyridine rings is 1. The normalized spacial score (nSPS) is 11.8. The number of thioether (sulfide) groups is 1. The maximum absolute atomic E-state index is 13.0. The summed E-state index contributed by atoms with van der Waals surface area (Å²) in [7, 11) is 0. The molecule has 0 atom stereocenters. The number of rotatable bonds is 3. The van der Waals surface area contributed by atoms with E-state index in [0.29, 0.717) is 16.3 Å². The summed E-state index contributed by atoms with van der Waals surface area (Å²) in [6.45, 7) is 0. The first-order valence-corrected chi connectivity index (χ1v) is 7.87. The van der Waals surface area contributed by atoms with Gasteiger partial charge in [-0.3, -0.25) is 0 Å². The van der Waals surface area contributed by atoms with Crippen molar-refractivity contribution in [2.24, 2.45) is 0 Å². The van der Waals surface area contributed by atoms with Gasteiger partial charge in [-0.25, -0.2) is 15.0 Å². The molecule has 0 unspecified atom stereocenters. The van der Waals surface area contributed by atoms with Crippen molar-refractivity contribution in [1.29, 1.82) is 0 Å². The number of nitrogens with zero attached hydrogens (tertiary/aromatic N) is 3. The Morgan fingerprint density at radius 3 is 2.61 bits per heavy atom. The number of hydrogen-bond acceptors (Lipinski definition) is 4. The fourth-order valence-corrected chi connectivity index (χ4v) is 3.13. The predicted molar refractivity (Wildman–Crippen MR) is 83.3 cm³/mol. The summed E-state index contributed by atoms with van der Waals surface area (Å²) in [4.78, 5) is 11.2. The van der Waals surface area contributed by atoms with Crippen molar-refractivity contribution in [3.8, 4) is 0 Å². The van der Waals surface area contributed by atoms with Crippen molar-refractivity contribution >= 4 is 34.3 Å². The quantitative estimate of drug-likeness (QED) is 0.377. The van der Waals surface area contributed by atoms with Crippen molar-refractivity contribution in [2.75, 3.05) is 0 Å². The average molecular weight is 356 g/mol. The number of alkyl halides is 3. The lowest BCUT2D eigenvalue weighted by Crippen LogP contribution is -2.11. The van der Waals surface area contributed by atoms with Gasteiger partial charge in [0, 0.05) is 17.3 Å². The van der Waals surface area contributed by atoms with Crippen LogP contribution in [-0.2, 0) is 11.9 Å². The maximum Gasteiger partial charge on any atom is 0.451 e. The molecule has 0 fully saturated rings. The molecule has 0 radical (unpaired) electrons. The van der Waals surface area contributed by atoms with Crippen LogP contribution in [0.1, 0.15) is 11.4 Å². The Bertz CT molecular complexity index is 855. The van der Waals surface area contributed by atoms with Crippen LogP contribution in [0, 0.1) is 0 Å². The molecule has 2 heterocycles. The molecule has 3 aromatic rings. The van der Waals surface area contributed by atoms with E-state index in [4.69, 9.17) is 11.6 Å². The van der Waals surface area contributed by atoms with E-state index in [0.717, 1.165) is 5.56 Å². The van der Waals surface area contributed by atoms with E-state index in [1.165, 1.54) is 11.8 Å². The lowest BCUT2D eigenvalue weighted by atomic mass is 10.2. The van der Waals surface area contributed by atoms with E-state index >= 15 is 0 Å². The Labute approximate surface area is 138 Å². The molecule has 0 saturated heterocycles. The van der Waals surface area contributed by atoms with Gasteiger partial charge in [0.2, 0.25) is 5.82 Å². The van der Waals surface area contributed by atoms with E-state index in [9.17, 15) is 13.2 Å². The van der Waals surface area contributed by atoms with Gasteiger partial charge in [-0.15, -0.1) is 11.8 Å². The number of para-hydroxylation sites is 1. The highest BCUT2D eigenvalue weighted by atomic mass is 35.5. The van der Waals surface area contributed by atoms with Gasteiger partial charge in [-0.1, -0.05) is 29.8 Å². The molecule has 0 N–H and O–H groups in total. The van der Waals surface area contributed by atoms with Gasteiger partial charge in [-0.2, -0.15) is 13.2 Å². The van der Waals surface area contributed by atoms with E-state index in [2.05, 4.69) is 15.0 Å². The molecule has 0 aliphatic rings. The first kappa shape index (κ1) is 16.0. The molecule has 1 aromatic carbocycles. The van der Waals surface area contributed by atoms with Crippen molar-refractivity contribution < 1.29 is 13.2 Å². The second-order valence-corrected chi connectivity index (χ2v) is 5.99. The zero-order valence-corrected chi connectivity index (χ0v) is 13.1. The Morgan fingerprint density at radius 1 is 1.09 bits per heavy atom. The number of benzene rings is 1. The third-order valence-corrected chi connectivity index (χ3v) is 4.26. The fraction of sp³-hybridized carbons (Fsp3) is 0.133. The highest BCUT2D eigenvalue weighted by molar-refractivity contribution is 7.98. The summed E-state index contributed by atoms with van der Waals surface area (Å²) in [6.07, 6.45) is -3.03. The summed E-state index contributed by atoms with van der Waals surface area (Å²) in [6, 6.07) is 10.1. The lowest BCUT2D eigenvalue weighted by molar-refractivity contribution is -0.145. The summed E-state index contributed by atoms with van der Waals surface area (Å²) in [5.74, 6) is -0.702. The largest absolute Gasteiger partial charge is 0.451 e. The molecule has 3 rings (SSSR count). The zero-order valence-electron chi connectivity index (χ0n) is 11.5. The monoisotopic (exact) mass is 355 g/mol. The second-order valence-electron chi connectivity index (χ2n) is 4.64. The molecule has 23 heavy (non-hydrogen) atoms. The van der Waals surface area contributed by atoms with E-state index in [1.807, 2.05) is 0 Å². The fourth-order valence-electron chi connectivity index (χ4n) is 1.97. The number of halogens is 4. The standard InChI is InChI=1S/C15H9ClF3N3S/c16-12-7-9(5-6-20-12)8-23-13-10-3-1-2-4-11(10)21-14(22-13)15(17,18)19/h1-7H,8H2. The van der Waals surface area contributed by atoms with Crippen LogP contribution < -0.4 is 0 Å². The third kappa shape index (κ3) is 3.73. The van der Waals surface area contributed by atoms with Crippen LogP contribution in [0.3, 0.4) is 0 Å². The Kier molecular flexibility index (Phi) is 4.41. The predicted octanol–water partition coefficient (Wildman–Crippen LogP) is 4.99. The van der Waals surface area contributed by atoms with Gasteiger partial charge >= 0.3 is 6.18 Å². The zero-order chi connectivity index (χ0) is 16.4. The molecule has 3 nitrogen and oxygen atoms in total.